The van der Waals surface area contributed by atoms with Gasteiger partial charge in [-0.1, -0.05) is 52.9 Å². The summed E-state index contributed by atoms with van der Waals surface area (Å²) in [4.78, 5) is 12.5. The molecule has 1 aromatic carbocycles. The summed E-state index contributed by atoms with van der Waals surface area (Å²) in [5.41, 5.74) is 1.83. The highest BCUT2D eigenvalue weighted by Gasteiger charge is 2.59. The third-order valence-corrected chi connectivity index (χ3v) is 8.58. The van der Waals surface area contributed by atoms with Crippen LogP contribution in [-0.4, -0.2) is 16.0 Å². The molecule has 0 aliphatic heterocycles. The first kappa shape index (κ1) is 19.8. The standard InChI is InChI=1S/C25H36O3/c1-4-5-6-7-9-25(10-8-11-25)16-12-21(27)23(22(28)13-16)17-14-20(26)19-15-18(17)24(19,2)3/h12-13,17-19,27-28H,4-11,14-15H2,1-3H3/t17-,18-,19+/m1/s1. The Labute approximate surface area is 169 Å². The van der Waals surface area contributed by atoms with Gasteiger partial charge in [0.2, 0.25) is 0 Å². The molecule has 3 atom stereocenters. The number of carbonyl (C=O) groups is 1. The lowest BCUT2D eigenvalue weighted by Gasteiger charge is -2.59. The number of carbonyl (C=O) groups excluding carboxylic acids is 1. The van der Waals surface area contributed by atoms with Crippen LogP contribution in [0.2, 0.25) is 0 Å². The number of unbranched alkanes of at least 4 members (excludes halogenated alkanes) is 3. The highest BCUT2D eigenvalue weighted by Crippen LogP contribution is 2.64. The van der Waals surface area contributed by atoms with Gasteiger partial charge in [0.15, 0.2) is 0 Å². The van der Waals surface area contributed by atoms with Crippen molar-refractivity contribution in [3.8, 4) is 11.5 Å². The quantitative estimate of drug-likeness (QED) is 0.550. The third-order valence-electron chi connectivity index (χ3n) is 8.58. The summed E-state index contributed by atoms with van der Waals surface area (Å²) in [5, 5.41) is 21.9. The molecular formula is C25H36O3. The van der Waals surface area contributed by atoms with Gasteiger partial charge in [0.1, 0.15) is 17.3 Å². The van der Waals surface area contributed by atoms with Crippen LogP contribution in [0.1, 0.15) is 102 Å². The van der Waals surface area contributed by atoms with E-state index < -0.39 is 0 Å². The normalized spacial score (nSPS) is 29.8. The molecule has 4 fully saturated rings. The van der Waals surface area contributed by atoms with Crippen molar-refractivity contribution in [2.45, 2.75) is 96.3 Å². The third kappa shape index (κ3) is 2.97. The number of phenols is 2. The fourth-order valence-corrected chi connectivity index (χ4v) is 6.48. The molecule has 2 bridgehead atoms. The molecule has 0 saturated heterocycles. The molecular weight excluding hydrogens is 348 g/mol. The zero-order valence-electron chi connectivity index (χ0n) is 17.8. The minimum Gasteiger partial charge on any atom is -0.508 e. The average molecular weight is 385 g/mol. The molecule has 5 rings (SSSR count). The summed E-state index contributed by atoms with van der Waals surface area (Å²) in [6.45, 7) is 6.56. The Bertz CT molecular complexity index is 736. The minimum absolute atomic E-state index is 0.0218. The molecule has 0 spiro atoms. The van der Waals surface area contributed by atoms with Crippen molar-refractivity contribution in [1.82, 2.24) is 0 Å². The Balaban J connectivity index is 1.60. The van der Waals surface area contributed by atoms with Gasteiger partial charge in [-0.25, -0.2) is 0 Å². The van der Waals surface area contributed by atoms with Crippen LogP contribution in [0.5, 0.6) is 11.5 Å². The molecule has 4 aliphatic rings. The minimum atomic E-state index is -0.0524. The zero-order valence-corrected chi connectivity index (χ0v) is 17.8. The number of hydrogen-bond acceptors (Lipinski definition) is 3. The summed E-state index contributed by atoms with van der Waals surface area (Å²) in [7, 11) is 0. The molecule has 0 unspecified atom stereocenters. The molecule has 154 valence electrons. The average Bonchev–Trinajstić information content (AvgIpc) is 2.59. The maximum atomic E-state index is 12.5. The van der Waals surface area contributed by atoms with Gasteiger partial charge >= 0.3 is 0 Å². The van der Waals surface area contributed by atoms with E-state index >= 15 is 0 Å². The second-order valence-corrected chi connectivity index (χ2v) is 10.4. The summed E-state index contributed by atoms with van der Waals surface area (Å²) >= 11 is 0. The van der Waals surface area contributed by atoms with Crippen LogP contribution in [0.25, 0.3) is 0 Å². The molecule has 0 radical (unpaired) electrons. The van der Waals surface area contributed by atoms with Crippen molar-refractivity contribution in [3.05, 3.63) is 23.3 Å². The molecule has 28 heavy (non-hydrogen) atoms. The Kier molecular flexibility index (Phi) is 5.00. The van der Waals surface area contributed by atoms with Crippen LogP contribution in [0.3, 0.4) is 0 Å². The lowest BCUT2D eigenvalue weighted by Crippen LogP contribution is -2.56. The lowest BCUT2D eigenvalue weighted by atomic mass is 9.44. The number of fused-ring (bicyclic) bond motifs is 2. The molecule has 4 aliphatic carbocycles. The van der Waals surface area contributed by atoms with Crippen molar-refractivity contribution >= 4 is 5.78 Å². The fraction of sp³-hybridized carbons (Fsp3) is 0.720. The first-order valence-electron chi connectivity index (χ1n) is 11.4. The van der Waals surface area contributed by atoms with Crippen LogP contribution in [0, 0.1) is 17.3 Å². The van der Waals surface area contributed by atoms with E-state index in [-0.39, 0.29) is 34.2 Å². The van der Waals surface area contributed by atoms with Crippen LogP contribution < -0.4 is 0 Å². The molecule has 0 heterocycles. The maximum Gasteiger partial charge on any atom is 0.137 e. The topological polar surface area (TPSA) is 57.5 Å². The Morgan fingerprint density at radius 3 is 2.25 bits per heavy atom. The van der Waals surface area contributed by atoms with E-state index in [4.69, 9.17) is 0 Å². The van der Waals surface area contributed by atoms with E-state index in [2.05, 4.69) is 20.8 Å². The number of benzene rings is 1. The monoisotopic (exact) mass is 384 g/mol. The van der Waals surface area contributed by atoms with Crippen molar-refractivity contribution in [2.24, 2.45) is 17.3 Å². The summed E-state index contributed by atoms with van der Waals surface area (Å²) < 4.78 is 0. The first-order chi connectivity index (χ1) is 13.3. The highest BCUT2D eigenvalue weighted by atomic mass is 16.3. The van der Waals surface area contributed by atoms with E-state index in [0.717, 1.165) is 31.2 Å². The van der Waals surface area contributed by atoms with Gasteiger partial charge in [-0.2, -0.15) is 0 Å². The van der Waals surface area contributed by atoms with Gasteiger partial charge in [0.25, 0.3) is 0 Å². The summed E-state index contributed by atoms with van der Waals surface area (Å²) in [6.07, 6.45) is 11.0. The molecule has 3 nitrogen and oxygen atoms in total. The Morgan fingerprint density at radius 2 is 1.75 bits per heavy atom. The van der Waals surface area contributed by atoms with Gasteiger partial charge in [-0.15, -0.1) is 0 Å². The van der Waals surface area contributed by atoms with Crippen LogP contribution in [0.4, 0.5) is 0 Å². The molecule has 1 aromatic rings. The zero-order chi connectivity index (χ0) is 20.1. The van der Waals surface area contributed by atoms with Gasteiger partial charge in [0, 0.05) is 23.8 Å². The van der Waals surface area contributed by atoms with Crippen molar-refractivity contribution in [3.63, 3.8) is 0 Å². The van der Waals surface area contributed by atoms with Gasteiger partial charge in [-0.3, -0.25) is 4.79 Å². The summed E-state index contributed by atoms with van der Waals surface area (Å²) in [6, 6.07) is 3.83. The highest BCUT2D eigenvalue weighted by molar-refractivity contribution is 5.86. The molecule has 4 saturated carbocycles. The van der Waals surface area contributed by atoms with E-state index in [1.165, 1.54) is 32.1 Å². The smallest absolute Gasteiger partial charge is 0.137 e. The number of hydrogen-bond donors (Lipinski definition) is 2. The van der Waals surface area contributed by atoms with Gasteiger partial charge in [0.05, 0.1) is 0 Å². The second kappa shape index (κ2) is 7.07. The van der Waals surface area contributed by atoms with Gasteiger partial charge < -0.3 is 10.2 Å². The van der Waals surface area contributed by atoms with Crippen molar-refractivity contribution < 1.29 is 15.0 Å². The van der Waals surface area contributed by atoms with Crippen LogP contribution in [0.15, 0.2) is 12.1 Å². The number of ketones is 1. The maximum absolute atomic E-state index is 12.5. The molecule has 3 heteroatoms. The van der Waals surface area contributed by atoms with E-state index in [1.54, 1.807) is 0 Å². The number of Topliss-reactive ketones (excluding diaryl/α,β-unsaturated/α-hetero) is 1. The molecule has 0 aromatic heterocycles. The number of rotatable bonds is 7. The summed E-state index contributed by atoms with van der Waals surface area (Å²) in [5.74, 6) is 1.18. The van der Waals surface area contributed by atoms with Crippen molar-refractivity contribution in [1.29, 1.82) is 0 Å². The largest absolute Gasteiger partial charge is 0.508 e. The van der Waals surface area contributed by atoms with Crippen molar-refractivity contribution in [2.75, 3.05) is 0 Å². The molecule has 2 N–H and O–H groups in total. The second-order valence-electron chi connectivity index (χ2n) is 10.4. The molecule has 0 amide bonds. The van der Waals surface area contributed by atoms with Gasteiger partial charge in [-0.05, 0) is 60.1 Å². The lowest BCUT2D eigenvalue weighted by molar-refractivity contribution is -0.151. The number of aromatic hydroxyl groups is 2. The van der Waals surface area contributed by atoms with Crippen LogP contribution in [-0.2, 0) is 10.2 Å². The Hall–Kier alpha value is -1.51. The SMILES string of the molecule is CCCCCCC1(c2cc(O)c([C@@H]3CC(=O)[C@@H]4C[C@H]3C4(C)C)c(O)c2)CCC1. The predicted octanol–water partition coefficient (Wildman–Crippen LogP) is 6.21. The van der Waals surface area contributed by atoms with Crippen LogP contribution >= 0.6 is 0 Å². The van der Waals surface area contributed by atoms with E-state index in [0.29, 0.717) is 23.7 Å². The number of phenolic OH excluding ortho intramolecular Hbond substituents is 2. The fourth-order valence-electron chi connectivity index (χ4n) is 6.48. The van der Waals surface area contributed by atoms with E-state index in [9.17, 15) is 15.0 Å². The van der Waals surface area contributed by atoms with E-state index in [1.807, 2.05) is 12.1 Å². The predicted molar refractivity (Wildman–Crippen MR) is 112 cm³/mol. The first-order valence-corrected chi connectivity index (χ1v) is 11.4. The Morgan fingerprint density at radius 1 is 1.07 bits per heavy atom.